The predicted molar refractivity (Wildman–Crippen MR) is 87.6 cm³/mol. The summed E-state index contributed by atoms with van der Waals surface area (Å²) in [6.07, 6.45) is 0.302. The van der Waals surface area contributed by atoms with Crippen LogP contribution in [0.2, 0.25) is 0 Å². The first-order chi connectivity index (χ1) is 9.46. The van der Waals surface area contributed by atoms with E-state index in [-0.39, 0.29) is 11.0 Å². The lowest BCUT2D eigenvalue weighted by Crippen LogP contribution is -2.26. The number of aromatic nitrogens is 1. The van der Waals surface area contributed by atoms with Crippen LogP contribution in [0.5, 0.6) is 5.88 Å². The number of nitrogens with two attached hydrogens (primary N) is 1. The molecule has 0 aromatic carbocycles. The van der Waals surface area contributed by atoms with Crippen LogP contribution in [0, 0.1) is 5.41 Å². The highest BCUT2D eigenvalue weighted by atomic mass is 16.5. The molecule has 21 heavy (non-hydrogen) atoms. The van der Waals surface area contributed by atoms with E-state index in [1.165, 1.54) is 0 Å². The Morgan fingerprint density at radius 3 is 2.38 bits per heavy atom. The molecule has 0 aliphatic rings. The Bertz CT molecular complexity index is 462. The Balaban J connectivity index is 2.66. The van der Waals surface area contributed by atoms with E-state index >= 15 is 0 Å². The third kappa shape index (κ3) is 7.18. The van der Waals surface area contributed by atoms with Crippen molar-refractivity contribution in [2.75, 3.05) is 17.6 Å². The van der Waals surface area contributed by atoms with Crippen molar-refractivity contribution in [3.05, 3.63) is 12.1 Å². The maximum Gasteiger partial charge on any atom is 0.239 e. The van der Waals surface area contributed by atoms with E-state index in [1.54, 1.807) is 12.1 Å². The third-order valence-electron chi connectivity index (χ3n) is 2.66. The molecule has 0 fully saturated rings. The van der Waals surface area contributed by atoms with Gasteiger partial charge in [0.25, 0.3) is 0 Å². The molecule has 5 nitrogen and oxygen atoms in total. The highest BCUT2D eigenvalue weighted by Crippen LogP contribution is 2.25. The van der Waals surface area contributed by atoms with Crippen molar-refractivity contribution in [3.63, 3.8) is 0 Å². The molecule has 0 amide bonds. The van der Waals surface area contributed by atoms with Gasteiger partial charge in [-0.2, -0.15) is 4.98 Å². The van der Waals surface area contributed by atoms with E-state index in [2.05, 4.69) is 31.1 Å². The van der Waals surface area contributed by atoms with Crippen LogP contribution in [0.4, 0.5) is 11.5 Å². The van der Waals surface area contributed by atoms with Gasteiger partial charge in [0.2, 0.25) is 5.88 Å². The first kappa shape index (κ1) is 17.6. The number of pyridine rings is 1. The molecule has 120 valence electrons. The zero-order valence-corrected chi connectivity index (χ0v) is 14.0. The van der Waals surface area contributed by atoms with Gasteiger partial charge in [0.15, 0.2) is 0 Å². The average Bonchev–Trinajstić information content (AvgIpc) is 2.26. The predicted octanol–water partition coefficient (Wildman–Crippen LogP) is 3.05. The number of ether oxygens (including phenoxy) is 1. The SMILES string of the molecule is CC(C)(C)CC(O)CNc1ccc(N)c(OC(C)(C)C)n1. The van der Waals surface area contributed by atoms with Gasteiger partial charge in [-0.15, -0.1) is 0 Å². The third-order valence-corrected chi connectivity index (χ3v) is 2.66. The summed E-state index contributed by atoms with van der Waals surface area (Å²) >= 11 is 0. The number of nitrogens with one attached hydrogen (secondary N) is 1. The fourth-order valence-corrected chi connectivity index (χ4v) is 1.92. The largest absolute Gasteiger partial charge is 0.470 e. The number of aliphatic hydroxyl groups is 1. The topological polar surface area (TPSA) is 80.4 Å². The second-order valence-electron chi connectivity index (χ2n) is 7.60. The Morgan fingerprint density at radius 1 is 1.24 bits per heavy atom. The zero-order chi connectivity index (χ0) is 16.3. The van der Waals surface area contributed by atoms with E-state index in [1.807, 2.05) is 20.8 Å². The molecule has 0 radical (unpaired) electrons. The molecule has 0 bridgehead atoms. The summed E-state index contributed by atoms with van der Waals surface area (Å²) in [7, 11) is 0. The Hall–Kier alpha value is -1.49. The minimum atomic E-state index is -0.420. The van der Waals surface area contributed by atoms with E-state index < -0.39 is 6.10 Å². The molecule has 0 aliphatic carbocycles. The lowest BCUT2D eigenvalue weighted by Gasteiger charge is -2.23. The summed E-state index contributed by atoms with van der Waals surface area (Å²) in [4.78, 5) is 4.36. The molecular weight excluding hydrogens is 266 g/mol. The van der Waals surface area contributed by atoms with Crippen molar-refractivity contribution in [1.82, 2.24) is 4.98 Å². The van der Waals surface area contributed by atoms with Crippen molar-refractivity contribution in [1.29, 1.82) is 0 Å². The molecular formula is C16H29N3O2. The number of aliphatic hydroxyl groups excluding tert-OH is 1. The number of hydrogen-bond donors (Lipinski definition) is 3. The molecule has 0 aliphatic heterocycles. The summed E-state index contributed by atoms with van der Waals surface area (Å²) in [6, 6.07) is 3.54. The molecule has 1 aromatic rings. The van der Waals surface area contributed by atoms with Crippen LogP contribution in [0.15, 0.2) is 12.1 Å². The molecule has 1 unspecified atom stereocenters. The highest BCUT2D eigenvalue weighted by molar-refractivity contribution is 5.53. The molecule has 1 heterocycles. The quantitative estimate of drug-likeness (QED) is 0.778. The standard InChI is InChI=1S/C16H29N3O2/c1-15(2,3)9-11(20)10-18-13-8-7-12(17)14(19-13)21-16(4,5)6/h7-8,11,20H,9-10,17H2,1-6H3,(H,18,19). The van der Waals surface area contributed by atoms with E-state index in [0.717, 1.165) is 6.42 Å². The van der Waals surface area contributed by atoms with E-state index in [4.69, 9.17) is 10.5 Å². The zero-order valence-electron chi connectivity index (χ0n) is 14.0. The summed E-state index contributed by atoms with van der Waals surface area (Å²) in [5.41, 5.74) is 6.11. The lowest BCUT2D eigenvalue weighted by atomic mass is 9.89. The number of rotatable bonds is 5. The first-order valence-corrected chi connectivity index (χ1v) is 7.34. The molecule has 1 rings (SSSR count). The summed E-state index contributed by atoms with van der Waals surface area (Å²) in [5.74, 6) is 1.06. The molecule has 4 N–H and O–H groups in total. The van der Waals surface area contributed by atoms with Gasteiger partial charge in [-0.05, 0) is 44.7 Å². The van der Waals surface area contributed by atoms with E-state index in [0.29, 0.717) is 23.9 Å². The van der Waals surface area contributed by atoms with Gasteiger partial charge < -0.3 is 20.9 Å². The van der Waals surface area contributed by atoms with Crippen molar-refractivity contribution < 1.29 is 9.84 Å². The van der Waals surface area contributed by atoms with Crippen molar-refractivity contribution in [3.8, 4) is 5.88 Å². The van der Waals surface area contributed by atoms with Gasteiger partial charge in [0.05, 0.1) is 11.8 Å². The number of anilines is 2. The van der Waals surface area contributed by atoms with Gasteiger partial charge in [-0.1, -0.05) is 20.8 Å². The minimum Gasteiger partial charge on any atom is -0.470 e. The molecule has 1 aromatic heterocycles. The molecule has 0 saturated carbocycles. The molecule has 0 spiro atoms. The Morgan fingerprint density at radius 2 is 1.86 bits per heavy atom. The maximum atomic E-state index is 10.0. The van der Waals surface area contributed by atoms with E-state index in [9.17, 15) is 5.11 Å². The molecule has 5 heteroatoms. The monoisotopic (exact) mass is 295 g/mol. The molecule has 0 saturated heterocycles. The van der Waals surface area contributed by atoms with Gasteiger partial charge in [-0.3, -0.25) is 0 Å². The highest BCUT2D eigenvalue weighted by Gasteiger charge is 2.18. The Kier molecular flexibility index (Phi) is 5.45. The van der Waals surface area contributed by atoms with Crippen LogP contribution in [-0.4, -0.2) is 28.3 Å². The second kappa shape index (κ2) is 6.52. The normalized spacial score (nSPS) is 13.9. The smallest absolute Gasteiger partial charge is 0.239 e. The molecule has 1 atom stereocenters. The average molecular weight is 295 g/mol. The fraction of sp³-hybridized carbons (Fsp3) is 0.688. The number of nitrogen functional groups attached to an aromatic ring is 1. The second-order valence-corrected chi connectivity index (χ2v) is 7.60. The van der Waals surface area contributed by atoms with Crippen molar-refractivity contribution in [2.24, 2.45) is 5.41 Å². The summed E-state index contributed by atoms with van der Waals surface area (Å²) < 4.78 is 5.72. The first-order valence-electron chi connectivity index (χ1n) is 7.34. The van der Waals surface area contributed by atoms with Gasteiger partial charge in [0, 0.05) is 6.54 Å². The lowest BCUT2D eigenvalue weighted by molar-refractivity contribution is 0.125. The van der Waals surface area contributed by atoms with Crippen LogP contribution in [0.1, 0.15) is 48.0 Å². The van der Waals surface area contributed by atoms with Crippen LogP contribution in [-0.2, 0) is 0 Å². The van der Waals surface area contributed by atoms with Crippen molar-refractivity contribution >= 4 is 11.5 Å². The van der Waals surface area contributed by atoms with Gasteiger partial charge in [-0.25, -0.2) is 0 Å². The van der Waals surface area contributed by atoms with Gasteiger partial charge in [0.1, 0.15) is 11.4 Å². The van der Waals surface area contributed by atoms with Crippen molar-refractivity contribution in [2.45, 2.75) is 59.7 Å². The number of hydrogen-bond acceptors (Lipinski definition) is 5. The fourth-order valence-electron chi connectivity index (χ4n) is 1.92. The van der Waals surface area contributed by atoms with Crippen LogP contribution >= 0.6 is 0 Å². The maximum absolute atomic E-state index is 10.0. The van der Waals surface area contributed by atoms with Crippen LogP contribution in [0.25, 0.3) is 0 Å². The van der Waals surface area contributed by atoms with Crippen LogP contribution in [0.3, 0.4) is 0 Å². The summed E-state index contributed by atoms with van der Waals surface area (Å²) in [5, 5.41) is 13.1. The van der Waals surface area contributed by atoms with Crippen LogP contribution < -0.4 is 15.8 Å². The Labute approximate surface area is 127 Å². The summed E-state index contributed by atoms with van der Waals surface area (Å²) in [6.45, 7) is 12.6. The number of nitrogens with zero attached hydrogens (tertiary/aromatic N) is 1. The minimum absolute atomic E-state index is 0.0934. The van der Waals surface area contributed by atoms with Gasteiger partial charge >= 0.3 is 0 Å².